The molecular weight excluding hydrogens is 490 g/mol. The second-order valence-corrected chi connectivity index (χ2v) is 11.2. The lowest BCUT2D eigenvalue weighted by Crippen LogP contribution is -2.44. The van der Waals surface area contributed by atoms with Gasteiger partial charge in [-0.15, -0.1) is 0 Å². The normalized spacial score (nSPS) is 18.8. The maximum absolute atomic E-state index is 13.3. The van der Waals surface area contributed by atoms with Crippen molar-refractivity contribution in [3.8, 4) is 5.75 Å². The summed E-state index contributed by atoms with van der Waals surface area (Å²) < 4.78 is 7.78. The van der Waals surface area contributed by atoms with E-state index in [9.17, 15) is 4.79 Å². The summed E-state index contributed by atoms with van der Waals surface area (Å²) in [5, 5.41) is 9.36. The number of benzene rings is 1. The average molecular weight is 534 g/mol. The quantitative estimate of drug-likeness (QED) is 0.471. The summed E-state index contributed by atoms with van der Waals surface area (Å²) in [6, 6.07) is 10.7. The van der Waals surface area contributed by atoms with Crippen molar-refractivity contribution >= 4 is 22.5 Å². The van der Waals surface area contributed by atoms with Crippen LogP contribution in [0.15, 0.2) is 42.7 Å². The molecule has 9 heteroatoms. The summed E-state index contributed by atoms with van der Waals surface area (Å²) >= 11 is 0. The lowest BCUT2D eigenvalue weighted by molar-refractivity contribution is -0.123. The van der Waals surface area contributed by atoms with Gasteiger partial charge in [-0.3, -0.25) is 19.4 Å². The van der Waals surface area contributed by atoms with Gasteiger partial charge in [0, 0.05) is 62.5 Å². The van der Waals surface area contributed by atoms with E-state index in [4.69, 9.17) is 14.8 Å². The highest BCUT2D eigenvalue weighted by molar-refractivity contribution is 5.94. The number of nitrogens with zero attached hydrogens (tertiary/aromatic N) is 6. The molecule has 4 heterocycles. The monoisotopic (exact) mass is 533 g/mol. The number of carbonyl (C=O) groups is 1. The predicted octanol–water partition coefficient (Wildman–Crippen LogP) is 3.87. The highest BCUT2D eigenvalue weighted by Crippen LogP contribution is 2.36. The number of hydrogen-bond donors (Lipinski definition) is 1. The summed E-state index contributed by atoms with van der Waals surface area (Å²) in [6.07, 6.45) is 7.30. The molecule has 2 saturated heterocycles. The number of aromatic nitrogens is 3. The van der Waals surface area contributed by atoms with Gasteiger partial charge in [0.25, 0.3) is 0 Å². The third-order valence-electron chi connectivity index (χ3n) is 8.18. The molecule has 3 aromatic rings. The molecule has 0 aliphatic carbocycles. The highest BCUT2D eigenvalue weighted by Gasteiger charge is 2.30. The molecule has 5 rings (SSSR count). The maximum Gasteiger partial charge on any atom is 0.222 e. The van der Waals surface area contributed by atoms with Crippen molar-refractivity contribution in [3.63, 3.8) is 0 Å². The van der Waals surface area contributed by atoms with Gasteiger partial charge in [0.1, 0.15) is 11.4 Å². The SMILES string of the molecule is COc1ccc2cccnc2c1N1CCCN(C(CC(=O)NC2CCN(C)CC2)c2ccn(C(C)C)n2)CC1. The van der Waals surface area contributed by atoms with Gasteiger partial charge in [-0.25, -0.2) is 0 Å². The van der Waals surface area contributed by atoms with Crippen LogP contribution in [0.2, 0.25) is 0 Å². The lowest BCUT2D eigenvalue weighted by atomic mass is 10.0. The van der Waals surface area contributed by atoms with E-state index in [1.165, 1.54) is 0 Å². The van der Waals surface area contributed by atoms with E-state index in [2.05, 4.69) is 59.1 Å². The number of likely N-dealkylation sites (tertiary alicyclic amines) is 1. The lowest BCUT2D eigenvalue weighted by Gasteiger charge is -2.32. The fraction of sp³-hybridized carbons (Fsp3) is 0.567. The first-order chi connectivity index (χ1) is 18.9. The van der Waals surface area contributed by atoms with Crippen molar-refractivity contribution in [2.75, 3.05) is 58.3 Å². The number of amides is 1. The number of anilines is 1. The molecule has 0 radical (unpaired) electrons. The van der Waals surface area contributed by atoms with E-state index < -0.39 is 0 Å². The van der Waals surface area contributed by atoms with Crippen LogP contribution in [0.1, 0.15) is 57.3 Å². The van der Waals surface area contributed by atoms with E-state index in [0.29, 0.717) is 6.42 Å². The molecule has 1 atom stereocenters. The Morgan fingerprint density at radius 2 is 1.90 bits per heavy atom. The van der Waals surface area contributed by atoms with Crippen molar-refractivity contribution in [2.24, 2.45) is 0 Å². The molecule has 2 fully saturated rings. The van der Waals surface area contributed by atoms with Crippen molar-refractivity contribution in [3.05, 3.63) is 48.4 Å². The molecule has 1 unspecified atom stereocenters. The number of ether oxygens (including phenoxy) is 1. The van der Waals surface area contributed by atoms with Crippen molar-refractivity contribution in [2.45, 2.75) is 57.7 Å². The first-order valence-corrected chi connectivity index (χ1v) is 14.4. The van der Waals surface area contributed by atoms with Crippen LogP contribution in [0.3, 0.4) is 0 Å². The third-order valence-corrected chi connectivity index (χ3v) is 8.18. The number of fused-ring (bicyclic) bond motifs is 1. The smallest absolute Gasteiger partial charge is 0.222 e. The molecule has 1 aromatic carbocycles. The molecule has 0 saturated carbocycles. The summed E-state index contributed by atoms with van der Waals surface area (Å²) in [5.41, 5.74) is 2.99. The predicted molar refractivity (Wildman–Crippen MR) is 155 cm³/mol. The first kappa shape index (κ1) is 27.4. The number of hydrogen-bond acceptors (Lipinski definition) is 7. The number of pyridine rings is 1. The van der Waals surface area contributed by atoms with Crippen LogP contribution in [0.5, 0.6) is 5.75 Å². The van der Waals surface area contributed by atoms with E-state index in [0.717, 1.165) is 86.6 Å². The van der Waals surface area contributed by atoms with E-state index >= 15 is 0 Å². The molecule has 210 valence electrons. The van der Waals surface area contributed by atoms with Gasteiger partial charge in [-0.05, 0) is 77.5 Å². The van der Waals surface area contributed by atoms with Gasteiger partial charge < -0.3 is 19.9 Å². The highest BCUT2D eigenvalue weighted by atomic mass is 16.5. The molecule has 0 bridgehead atoms. The van der Waals surface area contributed by atoms with Gasteiger partial charge in [0.2, 0.25) is 5.91 Å². The molecule has 39 heavy (non-hydrogen) atoms. The van der Waals surface area contributed by atoms with Crippen LogP contribution < -0.4 is 15.0 Å². The maximum atomic E-state index is 13.3. The van der Waals surface area contributed by atoms with Gasteiger partial charge in [0.15, 0.2) is 0 Å². The second-order valence-electron chi connectivity index (χ2n) is 11.2. The first-order valence-electron chi connectivity index (χ1n) is 14.4. The number of methoxy groups -OCH3 is 1. The fourth-order valence-electron chi connectivity index (χ4n) is 5.91. The van der Waals surface area contributed by atoms with E-state index in [-0.39, 0.29) is 24.0 Å². The minimum atomic E-state index is -0.0660. The number of piperidine rings is 1. The average Bonchev–Trinajstić information content (AvgIpc) is 3.32. The molecule has 1 N–H and O–H groups in total. The Balaban J connectivity index is 1.35. The molecule has 1 amide bonds. The Morgan fingerprint density at radius 3 is 2.64 bits per heavy atom. The zero-order valence-electron chi connectivity index (χ0n) is 23.8. The van der Waals surface area contributed by atoms with Crippen LogP contribution in [0.25, 0.3) is 10.9 Å². The van der Waals surface area contributed by atoms with Crippen LogP contribution in [-0.2, 0) is 4.79 Å². The molecule has 9 nitrogen and oxygen atoms in total. The largest absolute Gasteiger partial charge is 0.494 e. The minimum absolute atomic E-state index is 0.0660. The van der Waals surface area contributed by atoms with Crippen molar-refractivity contribution < 1.29 is 9.53 Å². The Kier molecular flexibility index (Phi) is 8.67. The van der Waals surface area contributed by atoms with Crippen LogP contribution >= 0.6 is 0 Å². The molecule has 2 aliphatic rings. The Morgan fingerprint density at radius 1 is 1.08 bits per heavy atom. The van der Waals surface area contributed by atoms with Gasteiger partial charge >= 0.3 is 0 Å². The van der Waals surface area contributed by atoms with Crippen molar-refractivity contribution in [1.82, 2.24) is 29.9 Å². The molecule has 2 aliphatic heterocycles. The van der Waals surface area contributed by atoms with Crippen molar-refractivity contribution in [1.29, 1.82) is 0 Å². The summed E-state index contributed by atoms with van der Waals surface area (Å²) in [5.74, 6) is 0.967. The fourth-order valence-corrected chi connectivity index (χ4v) is 5.91. The third kappa shape index (κ3) is 6.36. The Hall–Kier alpha value is -3.17. The summed E-state index contributed by atoms with van der Waals surface area (Å²) in [6.45, 7) is 9.78. The Bertz CT molecular complexity index is 1250. The molecular formula is C30H43N7O2. The van der Waals surface area contributed by atoms with Crippen LogP contribution in [0, 0.1) is 0 Å². The van der Waals surface area contributed by atoms with Crippen LogP contribution in [0.4, 0.5) is 5.69 Å². The number of nitrogens with one attached hydrogen (secondary N) is 1. The van der Waals surface area contributed by atoms with Gasteiger partial charge in [0.05, 0.1) is 24.4 Å². The molecule has 0 spiro atoms. The number of carbonyl (C=O) groups excluding carboxylic acids is 1. The zero-order valence-corrected chi connectivity index (χ0v) is 23.8. The minimum Gasteiger partial charge on any atom is -0.494 e. The summed E-state index contributed by atoms with van der Waals surface area (Å²) in [7, 11) is 3.87. The van der Waals surface area contributed by atoms with E-state index in [1.54, 1.807) is 7.11 Å². The molecule has 2 aromatic heterocycles. The summed E-state index contributed by atoms with van der Waals surface area (Å²) in [4.78, 5) is 25.2. The van der Waals surface area contributed by atoms with Crippen LogP contribution in [-0.4, -0.2) is 89.9 Å². The zero-order chi connectivity index (χ0) is 27.4. The Labute approximate surface area is 232 Å². The second kappa shape index (κ2) is 12.3. The topological polar surface area (TPSA) is 78.8 Å². The number of rotatable bonds is 8. The standard InChI is InChI=1S/C30H43N7O2/c1-22(2)37-18-12-25(33-37)26(21-28(38)32-24-10-16-34(3)17-11-24)35-14-6-15-36(20-19-35)30-27(39-4)9-8-23-7-5-13-31-29(23)30/h5,7-9,12-13,18,22,24,26H,6,10-11,14-17,19-21H2,1-4H3,(H,32,38). The van der Waals surface area contributed by atoms with Gasteiger partial charge in [-0.1, -0.05) is 6.07 Å². The van der Waals surface area contributed by atoms with Gasteiger partial charge in [-0.2, -0.15) is 5.10 Å². The van der Waals surface area contributed by atoms with E-state index in [1.807, 2.05) is 29.2 Å².